The van der Waals surface area contributed by atoms with Gasteiger partial charge in [-0.25, -0.2) is 0 Å². The van der Waals surface area contributed by atoms with Crippen LogP contribution in [0.1, 0.15) is 57.3 Å². The molecular weight excluding hydrogens is 410 g/mol. The first kappa shape index (κ1) is 21.2. The molecule has 0 atom stereocenters. The van der Waals surface area contributed by atoms with Crippen LogP contribution in [0.5, 0.6) is 0 Å². The normalized spacial score (nSPS) is 11.6. The first-order valence-corrected chi connectivity index (χ1v) is 11.6. The monoisotopic (exact) mass is 437 g/mol. The number of hydrogen-bond acceptors (Lipinski definition) is 5. The van der Waals surface area contributed by atoms with Gasteiger partial charge in [0.2, 0.25) is 11.7 Å². The van der Waals surface area contributed by atoms with Gasteiger partial charge < -0.3 is 5.32 Å². The van der Waals surface area contributed by atoms with Crippen LogP contribution in [-0.4, -0.2) is 25.1 Å². The molecule has 162 valence electrons. The standard InChI is InChI=1S/C23H27N5O2S/c1-4-5-13-27-22(30)21-18(12-14-31-21)28-19(25-26-23(27)28)10-11-20(29)24-17-8-6-16(7-9-17)15(2)3/h6-9,12,14-15H,4-5,10-11,13H2,1-3H3,(H,24,29). The second-order valence-electron chi connectivity index (χ2n) is 8.02. The predicted molar refractivity (Wildman–Crippen MR) is 125 cm³/mol. The number of fused-ring (bicyclic) bond motifs is 3. The fourth-order valence-electron chi connectivity index (χ4n) is 3.66. The summed E-state index contributed by atoms with van der Waals surface area (Å²) in [6.45, 7) is 6.99. The molecule has 8 heteroatoms. The summed E-state index contributed by atoms with van der Waals surface area (Å²) in [5.41, 5.74) is 2.81. The van der Waals surface area contributed by atoms with Gasteiger partial charge in [-0.3, -0.25) is 18.6 Å². The Kier molecular flexibility index (Phi) is 6.18. The van der Waals surface area contributed by atoms with Crippen LogP contribution in [0.2, 0.25) is 0 Å². The van der Waals surface area contributed by atoms with Gasteiger partial charge >= 0.3 is 0 Å². The first-order valence-electron chi connectivity index (χ1n) is 10.7. The van der Waals surface area contributed by atoms with Gasteiger partial charge in [0, 0.05) is 25.1 Å². The molecule has 4 aromatic rings. The molecule has 1 aromatic carbocycles. The Morgan fingerprint density at radius 2 is 1.94 bits per heavy atom. The van der Waals surface area contributed by atoms with Gasteiger partial charge in [-0.15, -0.1) is 21.5 Å². The van der Waals surface area contributed by atoms with Crippen LogP contribution < -0.4 is 10.9 Å². The SMILES string of the molecule is CCCCn1c(=O)c2sccc2n2c(CCC(=O)Nc3ccc(C(C)C)cc3)nnc12. The lowest BCUT2D eigenvalue weighted by molar-refractivity contribution is -0.116. The Labute approximate surface area is 184 Å². The number of amides is 1. The second kappa shape index (κ2) is 9.01. The molecule has 0 aliphatic heterocycles. The summed E-state index contributed by atoms with van der Waals surface area (Å²) >= 11 is 1.43. The second-order valence-corrected chi connectivity index (χ2v) is 8.94. The van der Waals surface area contributed by atoms with Crippen molar-refractivity contribution >= 4 is 38.9 Å². The van der Waals surface area contributed by atoms with E-state index in [2.05, 4.69) is 36.3 Å². The number of carbonyl (C=O) groups is 1. The molecule has 31 heavy (non-hydrogen) atoms. The van der Waals surface area contributed by atoms with Gasteiger partial charge in [0.25, 0.3) is 5.56 Å². The molecule has 0 radical (unpaired) electrons. The Morgan fingerprint density at radius 1 is 1.16 bits per heavy atom. The Hall–Kier alpha value is -3.00. The largest absolute Gasteiger partial charge is 0.326 e. The highest BCUT2D eigenvalue weighted by atomic mass is 32.1. The number of hydrogen-bond donors (Lipinski definition) is 1. The Balaban J connectivity index is 1.55. The average Bonchev–Trinajstić information content (AvgIpc) is 3.40. The van der Waals surface area contributed by atoms with Crippen LogP contribution in [0.15, 0.2) is 40.5 Å². The van der Waals surface area contributed by atoms with Gasteiger partial charge in [0.05, 0.1) is 5.52 Å². The van der Waals surface area contributed by atoms with E-state index < -0.39 is 0 Å². The first-order chi connectivity index (χ1) is 15.0. The lowest BCUT2D eigenvalue weighted by Gasteiger charge is -2.09. The average molecular weight is 438 g/mol. The maximum absolute atomic E-state index is 12.9. The van der Waals surface area contributed by atoms with Crippen molar-refractivity contribution in [1.29, 1.82) is 0 Å². The van der Waals surface area contributed by atoms with E-state index in [9.17, 15) is 9.59 Å². The summed E-state index contributed by atoms with van der Waals surface area (Å²) in [6.07, 6.45) is 2.60. The molecule has 0 bridgehead atoms. The van der Waals surface area contributed by atoms with Crippen molar-refractivity contribution < 1.29 is 4.79 Å². The van der Waals surface area contributed by atoms with Crippen LogP contribution in [-0.2, 0) is 17.8 Å². The third-order valence-corrected chi connectivity index (χ3v) is 6.34. The van der Waals surface area contributed by atoms with Crippen molar-refractivity contribution in [1.82, 2.24) is 19.2 Å². The number of rotatable bonds is 8. The number of nitrogens with one attached hydrogen (secondary N) is 1. The van der Waals surface area contributed by atoms with Crippen molar-refractivity contribution in [2.24, 2.45) is 0 Å². The predicted octanol–water partition coefficient (Wildman–Crippen LogP) is 4.60. The number of benzene rings is 1. The highest BCUT2D eigenvalue weighted by Crippen LogP contribution is 2.21. The van der Waals surface area contributed by atoms with Crippen LogP contribution in [0.25, 0.3) is 16.0 Å². The highest BCUT2D eigenvalue weighted by Gasteiger charge is 2.18. The van der Waals surface area contributed by atoms with Crippen LogP contribution in [0, 0.1) is 0 Å². The number of unbranched alkanes of at least 4 members (excludes halogenated alkanes) is 1. The van der Waals surface area contributed by atoms with E-state index >= 15 is 0 Å². The van der Waals surface area contributed by atoms with E-state index in [0.29, 0.717) is 35.2 Å². The molecule has 0 fully saturated rings. The van der Waals surface area contributed by atoms with Gasteiger partial charge in [0.15, 0.2) is 0 Å². The molecule has 0 saturated carbocycles. The number of nitrogens with zero attached hydrogens (tertiary/aromatic N) is 4. The Morgan fingerprint density at radius 3 is 2.65 bits per heavy atom. The smallest absolute Gasteiger partial charge is 0.272 e. The molecule has 0 aliphatic carbocycles. The molecule has 0 spiro atoms. The maximum atomic E-state index is 12.9. The van der Waals surface area contributed by atoms with E-state index in [4.69, 9.17) is 0 Å². The number of carbonyl (C=O) groups excluding carboxylic acids is 1. The summed E-state index contributed by atoms with van der Waals surface area (Å²) in [4.78, 5) is 25.4. The zero-order chi connectivity index (χ0) is 22.0. The fourth-order valence-corrected chi connectivity index (χ4v) is 4.48. The summed E-state index contributed by atoms with van der Waals surface area (Å²) in [5.74, 6) is 1.61. The zero-order valence-electron chi connectivity index (χ0n) is 18.1. The number of thiophene rings is 1. The molecule has 0 aliphatic rings. The minimum Gasteiger partial charge on any atom is -0.326 e. The van der Waals surface area contributed by atoms with Crippen LogP contribution in [0.4, 0.5) is 5.69 Å². The highest BCUT2D eigenvalue weighted by molar-refractivity contribution is 7.17. The summed E-state index contributed by atoms with van der Waals surface area (Å²) in [6, 6.07) is 9.86. The molecular formula is C23H27N5O2S. The van der Waals surface area contributed by atoms with E-state index in [1.807, 2.05) is 40.1 Å². The van der Waals surface area contributed by atoms with E-state index in [0.717, 1.165) is 24.0 Å². The van der Waals surface area contributed by atoms with Crippen molar-refractivity contribution in [3.63, 3.8) is 0 Å². The third kappa shape index (κ3) is 4.25. The summed E-state index contributed by atoms with van der Waals surface area (Å²) in [7, 11) is 0. The lowest BCUT2D eigenvalue weighted by atomic mass is 10.0. The van der Waals surface area contributed by atoms with E-state index in [1.54, 1.807) is 4.57 Å². The molecule has 0 saturated heterocycles. The molecule has 4 rings (SSSR count). The Bertz CT molecular complexity index is 1270. The molecule has 1 amide bonds. The molecule has 1 N–H and O–H groups in total. The molecule has 3 aromatic heterocycles. The van der Waals surface area contributed by atoms with Crippen molar-refractivity contribution in [3.8, 4) is 0 Å². The minimum absolute atomic E-state index is 0.0208. The maximum Gasteiger partial charge on any atom is 0.272 e. The topological polar surface area (TPSA) is 81.3 Å². The van der Waals surface area contributed by atoms with Crippen molar-refractivity contribution in [2.75, 3.05) is 5.32 Å². The molecule has 3 heterocycles. The number of aromatic nitrogens is 4. The van der Waals surface area contributed by atoms with Crippen molar-refractivity contribution in [3.05, 3.63) is 57.5 Å². The third-order valence-electron chi connectivity index (χ3n) is 5.45. The van der Waals surface area contributed by atoms with Crippen molar-refractivity contribution in [2.45, 2.75) is 58.9 Å². The number of anilines is 1. The van der Waals surface area contributed by atoms with Gasteiger partial charge in [0.1, 0.15) is 10.5 Å². The molecule has 0 unspecified atom stereocenters. The fraction of sp³-hybridized carbons (Fsp3) is 0.391. The van der Waals surface area contributed by atoms with Gasteiger partial charge in [-0.1, -0.05) is 39.3 Å². The lowest BCUT2D eigenvalue weighted by Crippen LogP contribution is -2.23. The van der Waals surface area contributed by atoms with Crippen LogP contribution in [0.3, 0.4) is 0 Å². The quantitative estimate of drug-likeness (QED) is 0.437. The van der Waals surface area contributed by atoms with Gasteiger partial charge in [-0.05, 0) is 41.5 Å². The van der Waals surface area contributed by atoms with E-state index in [1.165, 1.54) is 16.9 Å². The number of aryl methyl sites for hydroxylation is 2. The molecule has 7 nitrogen and oxygen atoms in total. The minimum atomic E-state index is -0.0742. The van der Waals surface area contributed by atoms with E-state index in [-0.39, 0.29) is 17.9 Å². The van der Waals surface area contributed by atoms with Crippen LogP contribution >= 0.6 is 11.3 Å². The zero-order valence-corrected chi connectivity index (χ0v) is 18.9. The van der Waals surface area contributed by atoms with Gasteiger partial charge in [-0.2, -0.15) is 0 Å². The summed E-state index contributed by atoms with van der Waals surface area (Å²) in [5, 5.41) is 13.5. The summed E-state index contributed by atoms with van der Waals surface area (Å²) < 4.78 is 4.32.